The standard InChI is InChI=1S/C19H24N4O3/c1-2-23(12-18(25)14-4-3-5-15(24)10-14)19(26)17-11-16(21-22-17)13-6-8-20-9-7-13/h3-10,16-18,21-22,24-25H,2,11-12H2,1H3. The van der Waals surface area contributed by atoms with Crippen LogP contribution in [0.4, 0.5) is 0 Å². The third kappa shape index (κ3) is 4.19. The van der Waals surface area contributed by atoms with E-state index in [-0.39, 0.29) is 30.3 Å². The molecule has 1 fully saturated rings. The van der Waals surface area contributed by atoms with E-state index in [0.29, 0.717) is 18.5 Å². The molecule has 2 heterocycles. The van der Waals surface area contributed by atoms with Crippen molar-refractivity contribution in [2.45, 2.75) is 31.5 Å². The van der Waals surface area contributed by atoms with Gasteiger partial charge in [-0.2, -0.15) is 0 Å². The molecule has 3 atom stereocenters. The zero-order valence-corrected chi connectivity index (χ0v) is 14.7. The lowest BCUT2D eigenvalue weighted by Gasteiger charge is -2.26. The molecule has 7 nitrogen and oxygen atoms in total. The Hall–Kier alpha value is -2.48. The third-order valence-corrected chi connectivity index (χ3v) is 4.65. The van der Waals surface area contributed by atoms with E-state index in [4.69, 9.17) is 0 Å². The number of nitrogens with zero attached hydrogens (tertiary/aromatic N) is 2. The number of aromatic hydroxyl groups is 1. The van der Waals surface area contributed by atoms with Gasteiger partial charge in [-0.1, -0.05) is 12.1 Å². The second kappa shape index (κ2) is 8.27. The highest BCUT2D eigenvalue weighted by molar-refractivity contribution is 5.82. The van der Waals surface area contributed by atoms with Crippen molar-refractivity contribution in [3.8, 4) is 5.75 Å². The van der Waals surface area contributed by atoms with Gasteiger partial charge in [0, 0.05) is 25.0 Å². The van der Waals surface area contributed by atoms with Gasteiger partial charge in [-0.3, -0.25) is 9.78 Å². The number of hydrogen-bond donors (Lipinski definition) is 4. The van der Waals surface area contributed by atoms with Crippen LogP contribution in [0.25, 0.3) is 0 Å². The third-order valence-electron chi connectivity index (χ3n) is 4.65. The molecule has 0 saturated carbocycles. The summed E-state index contributed by atoms with van der Waals surface area (Å²) in [6.07, 6.45) is 3.24. The fraction of sp³-hybridized carbons (Fsp3) is 0.368. The van der Waals surface area contributed by atoms with Crippen LogP contribution in [0.15, 0.2) is 48.8 Å². The van der Waals surface area contributed by atoms with Crippen molar-refractivity contribution in [3.05, 3.63) is 59.9 Å². The Morgan fingerprint density at radius 1 is 1.31 bits per heavy atom. The van der Waals surface area contributed by atoms with Crippen molar-refractivity contribution in [1.82, 2.24) is 20.7 Å². The largest absolute Gasteiger partial charge is 0.508 e. The Morgan fingerprint density at radius 2 is 2.08 bits per heavy atom. The second-order valence-electron chi connectivity index (χ2n) is 6.40. The van der Waals surface area contributed by atoms with Crippen LogP contribution in [0.2, 0.25) is 0 Å². The van der Waals surface area contributed by atoms with E-state index < -0.39 is 6.10 Å². The lowest BCUT2D eigenvalue weighted by atomic mass is 10.0. The fourth-order valence-electron chi connectivity index (χ4n) is 3.17. The first-order valence-corrected chi connectivity index (χ1v) is 8.75. The zero-order valence-electron chi connectivity index (χ0n) is 14.7. The molecule has 1 amide bonds. The number of amides is 1. The molecule has 0 bridgehead atoms. The van der Waals surface area contributed by atoms with Crippen LogP contribution in [0.5, 0.6) is 5.75 Å². The maximum absolute atomic E-state index is 12.8. The van der Waals surface area contributed by atoms with Crippen LogP contribution in [0, 0.1) is 0 Å². The molecule has 0 aliphatic carbocycles. The normalized spacial score (nSPS) is 20.7. The van der Waals surface area contributed by atoms with Gasteiger partial charge in [0.2, 0.25) is 5.91 Å². The monoisotopic (exact) mass is 356 g/mol. The number of pyridine rings is 1. The summed E-state index contributed by atoms with van der Waals surface area (Å²) in [6, 6.07) is 10.0. The quantitative estimate of drug-likeness (QED) is 0.622. The molecule has 4 N–H and O–H groups in total. The minimum absolute atomic E-state index is 0.0432. The van der Waals surface area contributed by atoms with E-state index in [1.807, 2.05) is 19.1 Å². The van der Waals surface area contributed by atoms with Gasteiger partial charge in [0.15, 0.2) is 0 Å². The summed E-state index contributed by atoms with van der Waals surface area (Å²) in [4.78, 5) is 18.5. The van der Waals surface area contributed by atoms with Gasteiger partial charge in [0.05, 0.1) is 12.6 Å². The van der Waals surface area contributed by atoms with E-state index in [1.54, 1.807) is 35.5 Å². The maximum Gasteiger partial charge on any atom is 0.241 e. The number of rotatable bonds is 6. The molecule has 0 spiro atoms. The fourth-order valence-corrected chi connectivity index (χ4v) is 3.17. The number of likely N-dealkylation sites (N-methyl/N-ethyl adjacent to an activating group) is 1. The number of carbonyl (C=O) groups is 1. The first kappa shape index (κ1) is 18.3. The number of aliphatic hydroxyl groups is 1. The lowest BCUT2D eigenvalue weighted by Crippen LogP contribution is -2.46. The number of carbonyl (C=O) groups excluding carboxylic acids is 1. The summed E-state index contributed by atoms with van der Waals surface area (Å²) in [7, 11) is 0. The van der Waals surface area contributed by atoms with Crippen LogP contribution in [-0.4, -0.2) is 45.1 Å². The van der Waals surface area contributed by atoms with Crippen LogP contribution < -0.4 is 10.9 Å². The highest BCUT2D eigenvalue weighted by Gasteiger charge is 2.33. The molecule has 1 saturated heterocycles. The van der Waals surface area contributed by atoms with E-state index in [0.717, 1.165) is 5.56 Å². The van der Waals surface area contributed by atoms with Gasteiger partial charge < -0.3 is 15.1 Å². The molecule has 1 aliphatic heterocycles. The molecule has 1 aromatic heterocycles. The number of hydrogen-bond acceptors (Lipinski definition) is 6. The lowest BCUT2D eigenvalue weighted by molar-refractivity contribution is -0.134. The van der Waals surface area contributed by atoms with Gasteiger partial charge in [0.25, 0.3) is 0 Å². The van der Waals surface area contributed by atoms with E-state index in [2.05, 4.69) is 15.8 Å². The molecule has 1 aliphatic rings. The molecule has 0 radical (unpaired) electrons. The van der Waals surface area contributed by atoms with Crippen molar-refractivity contribution in [2.24, 2.45) is 0 Å². The molecule has 2 aromatic rings. The highest BCUT2D eigenvalue weighted by Crippen LogP contribution is 2.24. The summed E-state index contributed by atoms with van der Waals surface area (Å²) in [6.45, 7) is 2.56. The molecule has 26 heavy (non-hydrogen) atoms. The highest BCUT2D eigenvalue weighted by atomic mass is 16.3. The Labute approximate surface area is 152 Å². The summed E-state index contributed by atoms with van der Waals surface area (Å²) in [5.41, 5.74) is 7.87. The van der Waals surface area contributed by atoms with E-state index >= 15 is 0 Å². The molecule has 138 valence electrons. The molecular weight excluding hydrogens is 332 g/mol. The Morgan fingerprint density at radius 3 is 2.77 bits per heavy atom. The summed E-state index contributed by atoms with van der Waals surface area (Å²) < 4.78 is 0. The Bertz CT molecular complexity index is 741. The van der Waals surface area contributed by atoms with Crippen LogP contribution in [0.1, 0.15) is 36.6 Å². The summed E-state index contributed by atoms with van der Waals surface area (Å²) in [5, 5.41) is 20.0. The summed E-state index contributed by atoms with van der Waals surface area (Å²) in [5.74, 6) is 0.0357. The first-order valence-electron chi connectivity index (χ1n) is 8.75. The van der Waals surface area contributed by atoms with Crippen molar-refractivity contribution < 1.29 is 15.0 Å². The minimum Gasteiger partial charge on any atom is -0.508 e. The van der Waals surface area contributed by atoms with Gasteiger partial charge in [-0.25, -0.2) is 10.9 Å². The maximum atomic E-state index is 12.8. The molecule has 1 aromatic carbocycles. The Balaban J connectivity index is 1.62. The number of phenols is 1. The predicted octanol–water partition coefficient (Wildman–Crippen LogP) is 1.28. The number of nitrogens with one attached hydrogen (secondary N) is 2. The van der Waals surface area contributed by atoms with Gasteiger partial charge >= 0.3 is 0 Å². The van der Waals surface area contributed by atoms with Crippen molar-refractivity contribution in [2.75, 3.05) is 13.1 Å². The number of hydrazine groups is 1. The molecule has 3 rings (SSSR count). The minimum atomic E-state index is -0.851. The average molecular weight is 356 g/mol. The van der Waals surface area contributed by atoms with Crippen LogP contribution in [-0.2, 0) is 4.79 Å². The smallest absolute Gasteiger partial charge is 0.241 e. The first-order chi connectivity index (χ1) is 12.6. The van der Waals surface area contributed by atoms with E-state index in [9.17, 15) is 15.0 Å². The number of phenolic OH excluding ortho intramolecular Hbond substituents is 1. The molecular formula is C19H24N4O3. The number of aromatic nitrogens is 1. The van der Waals surface area contributed by atoms with Crippen LogP contribution >= 0.6 is 0 Å². The second-order valence-corrected chi connectivity index (χ2v) is 6.40. The van der Waals surface area contributed by atoms with Crippen molar-refractivity contribution in [1.29, 1.82) is 0 Å². The topological polar surface area (TPSA) is 97.7 Å². The average Bonchev–Trinajstić information content (AvgIpc) is 3.16. The van der Waals surface area contributed by atoms with Gasteiger partial charge in [0.1, 0.15) is 11.8 Å². The zero-order chi connectivity index (χ0) is 18.5. The van der Waals surface area contributed by atoms with Crippen LogP contribution in [0.3, 0.4) is 0 Å². The van der Waals surface area contributed by atoms with E-state index in [1.165, 1.54) is 6.07 Å². The van der Waals surface area contributed by atoms with Crippen molar-refractivity contribution in [3.63, 3.8) is 0 Å². The molecule has 7 heteroatoms. The Kier molecular flexibility index (Phi) is 5.82. The van der Waals surface area contributed by atoms with Gasteiger partial charge in [-0.05, 0) is 48.7 Å². The predicted molar refractivity (Wildman–Crippen MR) is 97.0 cm³/mol. The summed E-state index contributed by atoms with van der Waals surface area (Å²) >= 11 is 0. The van der Waals surface area contributed by atoms with Gasteiger partial charge in [-0.15, -0.1) is 0 Å². The SMILES string of the molecule is CCN(CC(O)c1cccc(O)c1)C(=O)C1CC(c2ccncc2)NN1. The number of benzene rings is 1. The number of aliphatic hydroxyl groups excluding tert-OH is 1. The van der Waals surface area contributed by atoms with Crippen molar-refractivity contribution >= 4 is 5.91 Å². The molecule has 3 unspecified atom stereocenters.